The lowest BCUT2D eigenvalue weighted by molar-refractivity contribution is -0.0259. The van der Waals surface area contributed by atoms with Crippen molar-refractivity contribution in [1.29, 1.82) is 0 Å². The largest absolute Gasteiger partial charge is 0.414 e. The Morgan fingerprint density at radius 2 is 1.86 bits per heavy atom. The average Bonchev–Trinajstić information content (AvgIpc) is 2.74. The molecule has 0 radical (unpaired) electrons. The maximum Gasteiger partial charge on any atom is 0.192 e. The highest BCUT2D eigenvalue weighted by molar-refractivity contribution is 6.74. The molecule has 0 heterocycles. The van der Waals surface area contributed by atoms with E-state index < -0.39 is 8.32 Å². The zero-order valence-electron chi connectivity index (χ0n) is 15.9. The van der Waals surface area contributed by atoms with Crippen LogP contribution < -0.4 is 0 Å². The fourth-order valence-corrected chi connectivity index (χ4v) is 6.31. The molecule has 0 aromatic rings. The Morgan fingerprint density at radius 3 is 2.41 bits per heavy atom. The van der Waals surface area contributed by atoms with Gasteiger partial charge in [-0.1, -0.05) is 41.0 Å². The van der Waals surface area contributed by atoms with E-state index in [-0.39, 0.29) is 5.04 Å². The van der Waals surface area contributed by atoms with Crippen molar-refractivity contribution < 1.29 is 9.53 Å². The first-order valence-electron chi connectivity index (χ1n) is 9.31. The number of hydrogen-bond donors (Lipinski definition) is 1. The first-order valence-corrected chi connectivity index (χ1v) is 12.2. The van der Waals surface area contributed by atoms with Gasteiger partial charge in [-0.25, -0.2) is 0 Å². The molecule has 2 saturated carbocycles. The van der Waals surface area contributed by atoms with Crippen molar-refractivity contribution in [3.63, 3.8) is 0 Å². The number of hydrogen-bond acceptors (Lipinski definition) is 2. The second-order valence-electron chi connectivity index (χ2n) is 9.76. The fourth-order valence-electron chi connectivity index (χ4n) is 4.92. The van der Waals surface area contributed by atoms with E-state index in [4.69, 9.17) is 4.43 Å². The summed E-state index contributed by atoms with van der Waals surface area (Å²) in [5.74, 6) is 1.81. The molecule has 0 unspecified atom stereocenters. The van der Waals surface area contributed by atoms with Gasteiger partial charge in [0.25, 0.3) is 0 Å². The highest BCUT2D eigenvalue weighted by Gasteiger charge is 2.54. The summed E-state index contributed by atoms with van der Waals surface area (Å²) in [6.07, 6.45) is 6.89. The van der Waals surface area contributed by atoms with Crippen LogP contribution >= 0.6 is 0 Å². The maximum absolute atomic E-state index is 9.63. The second kappa shape index (κ2) is 6.21. The molecule has 0 saturated heterocycles. The quantitative estimate of drug-likeness (QED) is 0.718. The van der Waals surface area contributed by atoms with E-state index in [1.165, 1.54) is 32.1 Å². The monoisotopic (exact) mass is 326 g/mol. The van der Waals surface area contributed by atoms with Crippen molar-refractivity contribution in [2.75, 3.05) is 6.61 Å². The van der Waals surface area contributed by atoms with Gasteiger partial charge in [-0.3, -0.25) is 0 Å². The molecule has 0 aliphatic heterocycles. The van der Waals surface area contributed by atoms with Crippen LogP contribution in [0.3, 0.4) is 0 Å². The molecule has 2 aliphatic carbocycles. The first-order chi connectivity index (χ1) is 10.0. The Hall–Kier alpha value is 0.137. The van der Waals surface area contributed by atoms with Crippen molar-refractivity contribution in [3.8, 4) is 0 Å². The van der Waals surface area contributed by atoms with E-state index in [0.29, 0.717) is 35.9 Å². The predicted octanol–water partition coefficient (Wildman–Crippen LogP) is 5.22. The minimum Gasteiger partial charge on any atom is -0.414 e. The molecule has 2 nitrogen and oxygen atoms in total. The Labute approximate surface area is 139 Å². The van der Waals surface area contributed by atoms with E-state index in [9.17, 15) is 5.11 Å². The second-order valence-corrected chi connectivity index (χ2v) is 14.5. The van der Waals surface area contributed by atoms with Crippen molar-refractivity contribution in [1.82, 2.24) is 0 Å². The summed E-state index contributed by atoms with van der Waals surface area (Å²) in [6, 6.07) is 0. The van der Waals surface area contributed by atoms with Crippen LogP contribution in [-0.4, -0.2) is 26.1 Å². The molecule has 3 heteroatoms. The molecule has 0 aromatic heterocycles. The van der Waals surface area contributed by atoms with Crippen LogP contribution in [0.15, 0.2) is 0 Å². The molecule has 0 spiro atoms. The molecule has 0 bridgehead atoms. The van der Waals surface area contributed by atoms with E-state index in [1.54, 1.807) is 0 Å². The van der Waals surface area contributed by atoms with Gasteiger partial charge in [0.05, 0.1) is 0 Å². The molecule has 2 fully saturated rings. The SMILES string of the molecule is C[C@@H](CO)[C@H]1CC[C@H]2[C@@H](O[Si](C)(C)C(C)(C)C)CCC[C@]12C. The Balaban J connectivity index is 2.17. The van der Waals surface area contributed by atoms with Gasteiger partial charge >= 0.3 is 0 Å². The molecular weight excluding hydrogens is 288 g/mol. The van der Waals surface area contributed by atoms with Crippen LogP contribution in [0.5, 0.6) is 0 Å². The van der Waals surface area contributed by atoms with Gasteiger partial charge in [0, 0.05) is 12.7 Å². The third-order valence-corrected chi connectivity index (χ3v) is 11.9. The summed E-state index contributed by atoms with van der Waals surface area (Å²) in [7, 11) is -1.69. The minimum absolute atomic E-state index is 0.289. The van der Waals surface area contributed by atoms with Crippen molar-refractivity contribution in [2.45, 2.75) is 91.0 Å². The maximum atomic E-state index is 9.63. The van der Waals surface area contributed by atoms with Gasteiger partial charge in [-0.15, -0.1) is 0 Å². The molecule has 22 heavy (non-hydrogen) atoms. The topological polar surface area (TPSA) is 29.5 Å². The summed E-state index contributed by atoms with van der Waals surface area (Å²) < 4.78 is 6.86. The number of rotatable bonds is 4. The van der Waals surface area contributed by atoms with Gasteiger partial charge in [0.15, 0.2) is 8.32 Å². The lowest BCUT2D eigenvalue weighted by Gasteiger charge is -2.49. The fraction of sp³-hybridized carbons (Fsp3) is 1.00. The third-order valence-electron chi connectivity index (χ3n) is 7.36. The van der Waals surface area contributed by atoms with Crippen LogP contribution in [0.4, 0.5) is 0 Å². The highest BCUT2D eigenvalue weighted by Crippen LogP contribution is 2.59. The van der Waals surface area contributed by atoms with Crippen molar-refractivity contribution in [3.05, 3.63) is 0 Å². The Bertz CT molecular complexity index is 387. The standard InChI is InChI=1S/C19H38O2Si/c1-14(13-20)15-10-11-16-17(9-8-12-19(15,16)5)21-22(6,7)18(2,3)4/h14-17,20H,8-13H2,1-7H3/t14-,15+,16-,17-,19+/m0/s1. The molecule has 0 amide bonds. The summed E-state index contributed by atoms with van der Waals surface area (Å²) >= 11 is 0. The molecule has 0 aromatic carbocycles. The van der Waals surface area contributed by atoms with Crippen LogP contribution in [-0.2, 0) is 4.43 Å². The van der Waals surface area contributed by atoms with Crippen LogP contribution in [0, 0.1) is 23.2 Å². The van der Waals surface area contributed by atoms with Crippen molar-refractivity contribution >= 4 is 8.32 Å². The van der Waals surface area contributed by atoms with Gasteiger partial charge in [0.2, 0.25) is 0 Å². The molecule has 5 atom stereocenters. The predicted molar refractivity (Wildman–Crippen MR) is 96.5 cm³/mol. The minimum atomic E-state index is -1.69. The van der Waals surface area contributed by atoms with Crippen LogP contribution in [0.25, 0.3) is 0 Å². The van der Waals surface area contributed by atoms with Crippen LogP contribution in [0.2, 0.25) is 18.1 Å². The molecule has 130 valence electrons. The van der Waals surface area contributed by atoms with Gasteiger partial charge < -0.3 is 9.53 Å². The highest BCUT2D eigenvalue weighted by atomic mass is 28.4. The smallest absolute Gasteiger partial charge is 0.192 e. The first kappa shape index (κ1) is 18.5. The van der Waals surface area contributed by atoms with Gasteiger partial charge in [-0.05, 0) is 67.0 Å². The number of aliphatic hydroxyl groups excluding tert-OH is 1. The van der Waals surface area contributed by atoms with Crippen molar-refractivity contribution in [2.24, 2.45) is 23.2 Å². The zero-order valence-corrected chi connectivity index (χ0v) is 16.9. The number of aliphatic hydroxyl groups is 1. The molecule has 2 rings (SSSR count). The lowest BCUT2D eigenvalue weighted by atomic mass is 9.62. The summed E-state index contributed by atoms with van der Waals surface area (Å²) in [6.45, 7) is 16.9. The Kier molecular flexibility index (Phi) is 5.22. The summed E-state index contributed by atoms with van der Waals surface area (Å²) in [5, 5.41) is 9.92. The van der Waals surface area contributed by atoms with E-state index in [2.05, 4.69) is 47.7 Å². The molecular formula is C19H38O2Si. The Morgan fingerprint density at radius 1 is 1.23 bits per heavy atom. The third kappa shape index (κ3) is 3.18. The number of fused-ring (bicyclic) bond motifs is 1. The zero-order chi connectivity index (χ0) is 16.8. The van der Waals surface area contributed by atoms with E-state index >= 15 is 0 Å². The average molecular weight is 327 g/mol. The summed E-state index contributed by atoms with van der Waals surface area (Å²) in [5.41, 5.74) is 0.382. The van der Waals surface area contributed by atoms with Gasteiger partial charge in [-0.2, -0.15) is 0 Å². The molecule has 2 aliphatic rings. The summed E-state index contributed by atoms with van der Waals surface area (Å²) in [4.78, 5) is 0. The van der Waals surface area contributed by atoms with Gasteiger partial charge in [0.1, 0.15) is 0 Å². The lowest BCUT2D eigenvalue weighted by Crippen LogP contribution is -2.50. The normalized spacial score (nSPS) is 37.9. The van der Waals surface area contributed by atoms with E-state index in [0.717, 1.165) is 0 Å². The van der Waals surface area contributed by atoms with E-state index in [1.807, 2.05) is 0 Å². The molecule has 1 N–H and O–H groups in total. The van der Waals surface area contributed by atoms with Crippen LogP contribution in [0.1, 0.15) is 66.7 Å².